The molecule has 1 amide bonds. The number of ether oxygens (including phenoxy) is 1. The molecule has 0 unspecified atom stereocenters. The lowest BCUT2D eigenvalue weighted by molar-refractivity contribution is -0.135. The first kappa shape index (κ1) is 21.7. The maximum atomic E-state index is 13.0. The Morgan fingerprint density at radius 2 is 2.00 bits per heavy atom. The van der Waals surface area contributed by atoms with Gasteiger partial charge in [-0.2, -0.15) is 11.3 Å². The van der Waals surface area contributed by atoms with Crippen molar-refractivity contribution in [2.45, 2.75) is 20.0 Å². The Bertz CT molecular complexity index is 1200. The van der Waals surface area contributed by atoms with Gasteiger partial charge in [0.15, 0.2) is 0 Å². The molecule has 0 bridgehead atoms. The summed E-state index contributed by atoms with van der Waals surface area (Å²) in [6, 6.07) is 7.63. The minimum Gasteiger partial charge on any atom is -0.463 e. The maximum absolute atomic E-state index is 13.0. The Balaban J connectivity index is 1.86. The van der Waals surface area contributed by atoms with E-state index in [-0.39, 0.29) is 31.1 Å². The molecule has 0 aliphatic rings. The number of amides is 1. The molecule has 156 valence electrons. The van der Waals surface area contributed by atoms with Gasteiger partial charge in [-0.3, -0.25) is 14.2 Å². The van der Waals surface area contributed by atoms with Crippen LogP contribution in [0.15, 0.2) is 45.9 Å². The summed E-state index contributed by atoms with van der Waals surface area (Å²) in [6.45, 7) is 1.84. The highest BCUT2D eigenvalue weighted by atomic mass is 32.1. The molecular formula is C21H19FN2O4S2. The fourth-order valence-electron chi connectivity index (χ4n) is 2.59. The third-order valence-electron chi connectivity index (χ3n) is 4.01. The lowest BCUT2D eigenvalue weighted by atomic mass is 10.2. The van der Waals surface area contributed by atoms with E-state index < -0.39 is 11.9 Å². The molecule has 30 heavy (non-hydrogen) atoms. The molecule has 0 aliphatic carbocycles. The van der Waals surface area contributed by atoms with Crippen molar-refractivity contribution in [3.8, 4) is 0 Å². The van der Waals surface area contributed by atoms with Crippen LogP contribution >= 0.6 is 22.7 Å². The van der Waals surface area contributed by atoms with Crippen LogP contribution in [0.5, 0.6) is 0 Å². The van der Waals surface area contributed by atoms with E-state index in [2.05, 4.69) is 5.32 Å². The van der Waals surface area contributed by atoms with Crippen LogP contribution in [0.2, 0.25) is 0 Å². The lowest BCUT2D eigenvalue weighted by Crippen LogP contribution is -2.38. The van der Waals surface area contributed by atoms with Crippen molar-refractivity contribution < 1.29 is 18.7 Å². The number of aromatic nitrogens is 1. The van der Waals surface area contributed by atoms with Crippen LogP contribution in [-0.4, -0.2) is 23.1 Å². The molecule has 3 rings (SSSR count). The number of hydrogen-bond acceptors (Lipinski definition) is 6. The van der Waals surface area contributed by atoms with Gasteiger partial charge in [-0.15, -0.1) is 11.3 Å². The van der Waals surface area contributed by atoms with Gasteiger partial charge in [-0.25, -0.2) is 9.18 Å². The fourth-order valence-corrected chi connectivity index (χ4v) is 4.24. The first-order valence-corrected chi connectivity index (χ1v) is 10.9. The summed E-state index contributed by atoms with van der Waals surface area (Å²) in [6.07, 6.45) is 2.94. The van der Waals surface area contributed by atoms with Crippen LogP contribution in [-0.2, 0) is 27.4 Å². The number of carbonyl (C=O) groups excluding carboxylic acids is 2. The molecule has 0 saturated carbocycles. The van der Waals surface area contributed by atoms with Crippen LogP contribution in [0.4, 0.5) is 4.39 Å². The standard InChI is InChI=1S/C21H19FN2O4S2/c1-2-28-20(26)10-19-24(21(27)17(30-19)9-15-7-8-29-13-15)12-18(25)23-11-14-3-5-16(22)6-4-14/h3-10,13H,2,11-12H2,1H3,(H,23,25)/b17-9-,19-10-. The van der Waals surface area contributed by atoms with Gasteiger partial charge < -0.3 is 10.1 Å². The van der Waals surface area contributed by atoms with Crippen molar-refractivity contribution in [1.82, 2.24) is 9.88 Å². The summed E-state index contributed by atoms with van der Waals surface area (Å²) in [5.41, 5.74) is 1.24. The van der Waals surface area contributed by atoms with Crippen molar-refractivity contribution in [2.75, 3.05) is 6.61 Å². The monoisotopic (exact) mass is 446 g/mol. The predicted octanol–water partition coefficient (Wildman–Crippen LogP) is 1.60. The van der Waals surface area contributed by atoms with E-state index in [4.69, 9.17) is 4.74 Å². The number of rotatable bonds is 7. The molecule has 0 fully saturated rings. The molecule has 2 aromatic heterocycles. The van der Waals surface area contributed by atoms with E-state index in [1.807, 2.05) is 16.8 Å². The normalized spacial score (nSPS) is 12.2. The van der Waals surface area contributed by atoms with Gasteiger partial charge in [0.25, 0.3) is 5.56 Å². The Labute approximate surface area is 179 Å². The summed E-state index contributed by atoms with van der Waals surface area (Å²) in [5.74, 6) is -1.34. The molecular weight excluding hydrogens is 427 g/mol. The van der Waals surface area contributed by atoms with Crippen molar-refractivity contribution >= 4 is 46.7 Å². The predicted molar refractivity (Wildman–Crippen MR) is 115 cm³/mol. The van der Waals surface area contributed by atoms with E-state index in [1.165, 1.54) is 34.1 Å². The van der Waals surface area contributed by atoms with Crippen LogP contribution in [0.25, 0.3) is 12.2 Å². The van der Waals surface area contributed by atoms with E-state index >= 15 is 0 Å². The van der Waals surface area contributed by atoms with Crippen LogP contribution in [0, 0.1) is 5.82 Å². The first-order chi connectivity index (χ1) is 14.5. The molecule has 0 radical (unpaired) electrons. The Hall–Kier alpha value is -3.04. The van der Waals surface area contributed by atoms with E-state index in [0.717, 1.165) is 22.5 Å². The number of nitrogens with zero attached hydrogens (tertiary/aromatic N) is 1. The minimum absolute atomic E-state index is 0.197. The Kier molecular flexibility index (Phi) is 7.31. The topological polar surface area (TPSA) is 77.4 Å². The van der Waals surface area contributed by atoms with Gasteiger partial charge in [0, 0.05) is 6.54 Å². The van der Waals surface area contributed by atoms with Crippen molar-refractivity contribution in [2.24, 2.45) is 0 Å². The average molecular weight is 447 g/mol. The number of thiazole rings is 1. The van der Waals surface area contributed by atoms with Gasteiger partial charge >= 0.3 is 5.97 Å². The quantitative estimate of drug-likeness (QED) is 0.560. The molecule has 6 nitrogen and oxygen atoms in total. The highest BCUT2D eigenvalue weighted by Crippen LogP contribution is 2.06. The molecule has 3 aromatic rings. The molecule has 1 aromatic carbocycles. The minimum atomic E-state index is -0.582. The second-order valence-electron chi connectivity index (χ2n) is 6.20. The third kappa shape index (κ3) is 5.74. The van der Waals surface area contributed by atoms with Gasteiger partial charge in [-0.1, -0.05) is 12.1 Å². The maximum Gasteiger partial charge on any atom is 0.333 e. The summed E-state index contributed by atoms with van der Waals surface area (Å²) < 4.78 is 19.9. The molecule has 2 heterocycles. The molecule has 0 spiro atoms. The van der Waals surface area contributed by atoms with E-state index in [1.54, 1.807) is 25.1 Å². The van der Waals surface area contributed by atoms with Crippen LogP contribution in [0.1, 0.15) is 18.1 Å². The second-order valence-corrected chi connectivity index (χ2v) is 8.04. The molecule has 0 atom stereocenters. The number of halogens is 1. The van der Waals surface area contributed by atoms with E-state index in [9.17, 15) is 18.8 Å². The number of hydrogen-bond donors (Lipinski definition) is 1. The largest absolute Gasteiger partial charge is 0.463 e. The molecule has 0 saturated heterocycles. The average Bonchev–Trinajstić information content (AvgIpc) is 3.32. The smallest absolute Gasteiger partial charge is 0.333 e. The third-order valence-corrected chi connectivity index (χ3v) is 5.77. The number of esters is 1. The zero-order valence-corrected chi connectivity index (χ0v) is 17.7. The summed E-state index contributed by atoms with van der Waals surface area (Å²) in [7, 11) is 0. The van der Waals surface area contributed by atoms with Crippen LogP contribution in [0.3, 0.4) is 0 Å². The fraction of sp³-hybridized carbons (Fsp3) is 0.190. The van der Waals surface area contributed by atoms with Gasteiger partial charge in [0.05, 0.1) is 17.2 Å². The summed E-state index contributed by atoms with van der Waals surface area (Å²) in [4.78, 5) is 37.2. The second kappa shape index (κ2) is 10.1. The zero-order valence-electron chi connectivity index (χ0n) is 16.1. The van der Waals surface area contributed by atoms with Gasteiger partial charge in [0.1, 0.15) is 17.0 Å². The Morgan fingerprint density at radius 1 is 1.23 bits per heavy atom. The SMILES string of the molecule is CCOC(=O)/C=c1\s/c(=C\c2ccsc2)c(=O)n1CC(=O)NCc1ccc(F)cc1. The van der Waals surface area contributed by atoms with Crippen molar-refractivity contribution in [3.63, 3.8) is 0 Å². The highest BCUT2D eigenvalue weighted by Gasteiger charge is 2.11. The van der Waals surface area contributed by atoms with Crippen molar-refractivity contribution in [1.29, 1.82) is 0 Å². The van der Waals surface area contributed by atoms with Gasteiger partial charge in [-0.05, 0) is 53.1 Å². The zero-order chi connectivity index (χ0) is 21.5. The summed E-state index contributed by atoms with van der Waals surface area (Å²) >= 11 is 2.62. The van der Waals surface area contributed by atoms with Crippen molar-refractivity contribution in [3.05, 3.63) is 77.6 Å². The van der Waals surface area contributed by atoms with Crippen LogP contribution < -0.4 is 20.1 Å². The molecule has 0 aliphatic heterocycles. The number of benzene rings is 1. The van der Waals surface area contributed by atoms with E-state index in [0.29, 0.717) is 9.20 Å². The highest BCUT2D eigenvalue weighted by molar-refractivity contribution is 7.08. The number of nitrogens with one attached hydrogen (secondary N) is 1. The number of thiophene rings is 1. The lowest BCUT2D eigenvalue weighted by Gasteiger charge is -2.06. The number of carbonyl (C=O) groups is 2. The molecule has 9 heteroatoms. The first-order valence-electron chi connectivity index (χ1n) is 9.09. The summed E-state index contributed by atoms with van der Waals surface area (Å²) in [5, 5.41) is 6.49. The molecule has 1 N–H and O–H groups in total. The Morgan fingerprint density at radius 3 is 2.67 bits per heavy atom. The van der Waals surface area contributed by atoms with Gasteiger partial charge in [0.2, 0.25) is 5.91 Å².